The van der Waals surface area contributed by atoms with Crippen LogP contribution in [0.3, 0.4) is 0 Å². The smallest absolute Gasteiger partial charge is 0.223 e. The molecule has 0 aliphatic carbocycles. The first kappa shape index (κ1) is 24.0. The fourth-order valence-corrected chi connectivity index (χ4v) is 3.93. The molecule has 6 heteroatoms. The van der Waals surface area contributed by atoms with Crippen LogP contribution >= 0.6 is 12.4 Å². The van der Waals surface area contributed by atoms with E-state index in [-0.39, 0.29) is 43.0 Å². The zero-order valence-electron chi connectivity index (χ0n) is 17.9. The van der Waals surface area contributed by atoms with Crippen molar-refractivity contribution >= 4 is 24.1 Å². The van der Waals surface area contributed by atoms with Gasteiger partial charge in [0.15, 0.2) is 5.78 Å². The third kappa shape index (κ3) is 6.64. The van der Waals surface area contributed by atoms with E-state index in [4.69, 9.17) is 0 Å². The maximum absolute atomic E-state index is 13.2. The van der Waals surface area contributed by atoms with Gasteiger partial charge in [-0.3, -0.25) is 14.6 Å². The summed E-state index contributed by atoms with van der Waals surface area (Å²) in [4.78, 5) is 32.3. The molecule has 1 atom stereocenters. The Morgan fingerprint density at radius 3 is 2.70 bits per heavy atom. The number of amides is 1. The number of ketones is 1. The largest absolute Gasteiger partial charge is 0.334 e. The van der Waals surface area contributed by atoms with Crippen molar-refractivity contribution in [3.05, 3.63) is 65.0 Å². The van der Waals surface area contributed by atoms with Gasteiger partial charge in [0.1, 0.15) is 0 Å². The molecule has 1 aliphatic heterocycles. The van der Waals surface area contributed by atoms with Crippen LogP contribution in [0.2, 0.25) is 0 Å². The second-order valence-corrected chi connectivity index (χ2v) is 7.92. The summed E-state index contributed by atoms with van der Waals surface area (Å²) in [6, 6.07) is 11.9. The fraction of sp³-hybridized carbons (Fsp3) is 0.458. The summed E-state index contributed by atoms with van der Waals surface area (Å²) in [6.07, 6.45) is 5.21. The number of Topliss-reactive ketones (excluding diaryl/α,β-unsaturated/α-hetero) is 1. The minimum atomic E-state index is 0. The highest BCUT2D eigenvalue weighted by molar-refractivity contribution is 5.99. The Bertz CT molecular complexity index is 834. The van der Waals surface area contributed by atoms with Crippen molar-refractivity contribution in [2.24, 2.45) is 0 Å². The second-order valence-electron chi connectivity index (χ2n) is 7.92. The van der Waals surface area contributed by atoms with Crippen molar-refractivity contribution in [1.82, 2.24) is 15.2 Å². The van der Waals surface area contributed by atoms with E-state index in [1.165, 1.54) is 0 Å². The molecule has 1 N–H and O–H groups in total. The van der Waals surface area contributed by atoms with Gasteiger partial charge in [-0.25, -0.2) is 0 Å². The molecular formula is C24H32ClN3O2. The van der Waals surface area contributed by atoms with E-state index >= 15 is 0 Å². The van der Waals surface area contributed by atoms with Crippen LogP contribution in [-0.4, -0.2) is 40.7 Å². The Labute approximate surface area is 185 Å². The predicted octanol–water partition coefficient (Wildman–Crippen LogP) is 4.25. The normalized spacial score (nSPS) is 16.3. The van der Waals surface area contributed by atoms with Crippen LogP contribution in [0.25, 0.3) is 0 Å². The lowest BCUT2D eigenvalue weighted by Gasteiger charge is -2.31. The highest BCUT2D eigenvalue weighted by atomic mass is 35.5. The van der Waals surface area contributed by atoms with Gasteiger partial charge in [-0.1, -0.05) is 23.8 Å². The number of hydrogen-bond acceptors (Lipinski definition) is 4. The summed E-state index contributed by atoms with van der Waals surface area (Å²) >= 11 is 0. The van der Waals surface area contributed by atoms with Gasteiger partial charge in [0.25, 0.3) is 0 Å². The van der Waals surface area contributed by atoms with Crippen molar-refractivity contribution in [3.8, 4) is 0 Å². The monoisotopic (exact) mass is 429 g/mol. The number of benzene rings is 1. The molecule has 1 aromatic carbocycles. The number of carbonyl (C=O) groups excluding carboxylic acids is 2. The van der Waals surface area contributed by atoms with E-state index in [9.17, 15) is 9.59 Å². The molecule has 0 saturated carbocycles. The first-order valence-corrected chi connectivity index (χ1v) is 10.5. The Hall–Kier alpha value is -2.24. The van der Waals surface area contributed by atoms with Crippen molar-refractivity contribution in [3.63, 3.8) is 0 Å². The van der Waals surface area contributed by atoms with E-state index in [0.717, 1.165) is 54.7 Å². The van der Waals surface area contributed by atoms with Gasteiger partial charge in [0.2, 0.25) is 5.91 Å². The lowest BCUT2D eigenvalue weighted by molar-refractivity contribution is -0.134. The number of carbonyl (C=O) groups is 2. The van der Waals surface area contributed by atoms with E-state index in [2.05, 4.69) is 10.3 Å². The van der Waals surface area contributed by atoms with E-state index in [0.29, 0.717) is 6.54 Å². The Kier molecular flexibility index (Phi) is 9.47. The third-order valence-electron chi connectivity index (χ3n) is 5.62. The standard InChI is InChI=1S/C24H31N3O2.ClH/c1-18-8-9-19(2)22(16-18)23(28)10-11-24(29)27(17-20-6-3-4-14-26-20)21-7-5-13-25-15-12-21;/h3-4,6,8-9,14,16,21,25H,5,7,10-13,15,17H2,1-2H3;1H. The molecule has 1 saturated heterocycles. The van der Waals surface area contributed by atoms with Crippen LogP contribution < -0.4 is 5.32 Å². The number of halogens is 1. The van der Waals surface area contributed by atoms with Crippen molar-refractivity contribution in [2.75, 3.05) is 13.1 Å². The summed E-state index contributed by atoms with van der Waals surface area (Å²) in [6.45, 7) is 6.34. The van der Waals surface area contributed by atoms with E-state index < -0.39 is 0 Å². The van der Waals surface area contributed by atoms with Gasteiger partial charge in [0, 0.05) is 30.6 Å². The molecule has 1 aliphatic rings. The number of rotatable bonds is 7. The summed E-state index contributed by atoms with van der Waals surface area (Å²) in [7, 11) is 0. The lowest BCUT2D eigenvalue weighted by Crippen LogP contribution is -2.40. The minimum Gasteiger partial charge on any atom is -0.334 e. The zero-order valence-corrected chi connectivity index (χ0v) is 18.7. The molecule has 1 aromatic heterocycles. The molecular weight excluding hydrogens is 398 g/mol. The van der Waals surface area contributed by atoms with E-state index in [1.807, 2.05) is 55.1 Å². The van der Waals surface area contributed by atoms with Crippen LogP contribution in [0.5, 0.6) is 0 Å². The number of nitrogens with one attached hydrogen (secondary N) is 1. The number of pyridine rings is 1. The number of hydrogen-bond donors (Lipinski definition) is 1. The Morgan fingerprint density at radius 1 is 1.10 bits per heavy atom. The van der Waals surface area contributed by atoms with Gasteiger partial charge in [-0.05, 0) is 70.0 Å². The molecule has 1 unspecified atom stereocenters. The van der Waals surface area contributed by atoms with Crippen LogP contribution in [0.1, 0.15) is 59.3 Å². The number of aromatic nitrogens is 1. The van der Waals surface area contributed by atoms with Crippen LogP contribution in [-0.2, 0) is 11.3 Å². The van der Waals surface area contributed by atoms with E-state index in [1.54, 1.807) is 6.20 Å². The fourth-order valence-electron chi connectivity index (χ4n) is 3.93. The highest BCUT2D eigenvalue weighted by Crippen LogP contribution is 2.19. The average Bonchev–Trinajstić information content (AvgIpc) is 3.02. The molecule has 1 fully saturated rings. The van der Waals surface area contributed by atoms with Crippen LogP contribution in [0.4, 0.5) is 0 Å². The maximum atomic E-state index is 13.2. The third-order valence-corrected chi connectivity index (χ3v) is 5.62. The summed E-state index contributed by atoms with van der Waals surface area (Å²) in [5.74, 6) is 0.0843. The first-order valence-electron chi connectivity index (χ1n) is 10.5. The quantitative estimate of drug-likeness (QED) is 0.668. The van der Waals surface area contributed by atoms with Gasteiger partial charge < -0.3 is 10.2 Å². The molecule has 162 valence electrons. The zero-order chi connectivity index (χ0) is 20.6. The molecule has 0 spiro atoms. The first-order chi connectivity index (χ1) is 14.0. The van der Waals surface area contributed by atoms with Crippen molar-refractivity contribution < 1.29 is 9.59 Å². The second kappa shape index (κ2) is 11.8. The van der Waals surface area contributed by atoms with Crippen molar-refractivity contribution in [1.29, 1.82) is 0 Å². The number of nitrogens with zero attached hydrogens (tertiary/aromatic N) is 2. The molecule has 0 bridgehead atoms. The molecule has 1 amide bonds. The van der Waals surface area contributed by atoms with Crippen LogP contribution in [0, 0.1) is 13.8 Å². The predicted molar refractivity (Wildman–Crippen MR) is 122 cm³/mol. The minimum absolute atomic E-state index is 0. The Morgan fingerprint density at radius 2 is 1.93 bits per heavy atom. The maximum Gasteiger partial charge on any atom is 0.223 e. The molecule has 0 radical (unpaired) electrons. The summed E-state index contributed by atoms with van der Waals surface area (Å²) < 4.78 is 0. The van der Waals surface area contributed by atoms with Gasteiger partial charge >= 0.3 is 0 Å². The van der Waals surface area contributed by atoms with Crippen molar-refractivity contribution in [2.45, 2.75) is 58.5 Å². The molecule has 2 aromatic rings. The summed E-state index contributed by atoms with van der Waals surface area (Å²) in [5.41, 5.74) is 3.65. The SMILES string of the molecule is Cc1ccc(C)c(C(=O)CCC(=O)N(Cc2ccccn2)C2CCCNCC2)c1.Cl. The lowest BCUT2D eigenvalue weighted by atomic mass is 9.98. The average molecular weight is 430 g/mol. The topological polar surface area (TPSA) is 62.3 Å². The van der Waals surface area contributed by atoms with Gasteiger partial charge in [0.05, 0.1) is 12.2 Å². The van der Waals surface area contributed by atoms with Crippen LogP contribution in [0.15, 0.2) is 42.6 Å². The molecule has 3 rings (SSSR count). The summed E-state index contributed by atoms with van der Waals surface area (Å²) in [5, 5.41) is 3.41. The molecule has 30 heavy (non-hydrogen) atoms. The molecule has 2 heterocycles. The van der Waals surface area contributed by atoms with Gasteiger partial charge in [-0.15, -0.1) is 12.4 Å². The highest BCUT2D eigenvalue weighted by Gasteiger charge is 2.25. The van der Waals surface area contributed by atoms with Gasteiger partial charge in [-0.2, -0.15) is 0 Å². The number of aryl methyl sites for hydroxylation is 2. The Balaban J connectivity index is 0.00000320. The molecule has 5 nitrogen and oxygen atoms in total.